The van der Waals surface area contributed by atoms with Crippen LogP contribution in [0.3, 0.4) is 0 Å². The molecule has 0 aromatic carbocycles. The molecule has 1 N–H and O–H groups in total. The largest absolute Gasteiger partial charge is 0.401 e. The van der Waals surface area contributed by atoms with Gasteiger partial charge in [-0.2, -0.15) is 13.2 Å². The molecule has 1 heterocycles. The smallest absolute Gasteiger partial charge is 0.314 e. The summed E-state index contributed by atoms with van der Waals surface area (Å²) in [7, 11) is 0. The average Bonchev–Trinajstić information content (AvgIpc) is 2.24. The molecule has 0 atom stereocenters. The number of piperazine rings is 1. The molecule has 1 aliphatic rings. The first kappa shape index (κ1) is 14.7. The molecule has 0 aliphatic carbocycles. The zero-order chi connectivity index (χ0) is 12.9. The highest BCUT2D eigenvalue weighted by Crippen LogP contribution is 2.17. The highest BCUT2D eigenvalue weighted by atomic mass is 19.4. The van der Waals surface area contributed by atoms with Gasteiger partial charge in [-0.05, 0) is 13.8 Å². The zero-order valence-corrected chi connectivity index (χ0v) is 10.6. The van der Waals surface area contributed by atoms with Crippen molar-refractivity contribution in [2.75, 3.05) is 45.8 Å². The van der Waals surface area contributed by atoms with E-state index >= 15 is 0 Å². The van der Waals surface area contributed by atoms with Gasteiger partial charge in [0.2, 0.25) is 0 Å². The van der Waals surface area contributed by atoms with Crippen molar-refractivity contribution in [2.24, 2.45) is 0 Å². The van der Waals surface area contributed by atoms with E-state index in [0.717, 1.165) is 32.7 Å². The third-order valence-corrected chi connectivity index (χ3v) is 3.03. The van der Waals surface area contributed by atoms with E-state index in [-0.39, 0.29) is 6.04 Å². The Balaban J connectivity index is 2.33. The monoisotopic (exact) mass is 253 g/mol. The molecule has 102 valence electrons. The van der Waals surface area contributed by atoms with Gasteiger partial charge >= 0.3 is 6.18 Å². The first-order valence-electron chi connectivity index (χ1n) is 6.12. The second kappa shape index (κ2) is 6.56. The lowest BCUT2D eigenvalue weighted by Crippen LogP contribution is -2.48. The van der Waals surface area contributed by atoms with E-state index < -0.39 is 12.7 Å². The number of hydrogen-bond acceptors (Lipinski definition) is 3. The van der Waals surface area contributed by atoms with Gasteiger partial charge < -0.3 is 5.32 Å². The summed E-state index contributed by atoms with van der Waals surface area (Å²) in [5.41, 5.74) is 0. The fraction of sp³-hybridized carbons (Fsp3) is 1.00. The Kier molecular flexibility index (Phi) is 5.69. The van der Waals surface area contributed by atoms with Crippen LogP contribution in [0.25, 0.3) is 0 Å². The maximum Gasteiger partial charge on any atom is 0.401 e. The van der Waals surface area contributed by atoms with Gasteiger partial charge in [0.05, 0.1) is 6.54 Å². The lowest BCUT2D eigenvalue weighted by molar-refractivity contribution is -0.150. The normalized spacial score (nSPS) is 19.2. The Morgan fingerprint density at radius 3 is 2.29 bits per heavy atom. The van der Waals surface area contributed by atoms with Gasteiger partial charge in [-0.1, -0.05) is 0 Å². The highest BCUT2D eigenvalue weighted by molar-refractivity contribution is 4.72. The van der Waals surface area contributed by atoms with Gasteiger partial charge in [0.1, 0.15) is 0 Å². The first-order chi connectivity index (χ1) is 7.88. The standard InChI is InChI=1S/C11H22F3N3/c1-10(2)17(9-11(12,13)14)8-7-16-5-3-15-4-6-16/h10,15H,3-9H2,1-2H3. The van der Waals surface area contributed by atoms with Gasteiger partial charge in [0.15, 0.2) is 0 Å². The molecule has 0 spiro atoms. The van der Waals surface area contributed by atoms with Gasteiger partial charge in [-0.25, -0.2) is 0 Å². The van der Waals surface area contributed by atoms with Crippen molar-refractivity contribution >= 4 is 0 Å². The van der Waals surface area contributed by atoms with E-state index in [2.05, 4.69) is 10.2 Å². The summed E-state index contributed by atoms with van der Waals surface area (Å²) in [6, 6.07) is -0.0699. The van der Waals surface area contributed by atoms with E-state index in [1.165, 1.54) is 4.90 Å². The molecule has 1 fully saturated rings. The lowest BCUT2D eigenvalue weighted by Gasteiger charge is -2.32. The van der Waals surface area contributed by atoms with Crippen molar-refractivity contribution in [3.05, 3.63) is 0 Å². The third-order valence-electron chi connectivity index (χ3n) is 3.03. The van der Waals surface area contributed by atoms with E-state index in [1.807, 2.05) is 13.8 Å². The van der Waals surface area contributed by atoms with Crippen LogP contribution in [0.2, 0.25) is 0 Å². The van der Waals surface area contributed by atoms with Crippen molar-refractivity contribution in [3.8, 4) is 0 Å². The SMILES string of the molecule is CC(C)N(CCN1CCNCC1)CC(F)(F)F. The van der Waals surface area contributed by atoms with Crippen LogP contribution in [0.5, 0.6) is 0 Å². The Morgan fingerprint density at radius 1 is 1.24 bits per heavy atom. The highest BCUT2D eigenvalue weighted by Gasteiger charge is 2.31. The number of halogens is 3. The molecular formula is C11H22F3N3. The predicted molar refractivity (Wildman–Crippen MR) is 62.1 cm³/mol. The molecule has 0 amide bonds. The minimum absolute atomic E-state index is 0.0699. The van der Waals surface area contributed by atoms with Crippen LogP contribution in [-0.2, 0) is 0 Å². The number of rotatable bonds is 5. The van der Waals surface area contributed by atoms with Crippen LogP contribution in [0.15, 0.2) is 0 Å². The summed E-state index contributed by atoms with van der Waals surface area (Å²) in [5, 5.41) is 3.23. The molecule has 0 bridgehead atoms. The fourth-order valence-electron chi connectivity index (χ4n) is 1.95. The Labute approximate surface area is 101 Å². The summed E-state index contributed by atoms with van der Waals surface area (Å²) in [6.07, 6.45) is -4.10. The summed E-state index contributed by atoms with van der Waals surface area (Å²) in [6.45, 7) is 7.73. The van der Waals surface area contributed by atoms with Crippen LogP contribution < -0.4 is 5.32 Å². The van der Waals surface area contributed by atoms with Gasteiger partial charge in [-0.3, -0.25) is 9.80 Å². The molecule has 3 nitrogen and oxygen atoms in total. The minimum Gasteiger partial charge on any atom is -0.314 e. The summed E-state index contributed by atoms with van der Waals surface area (Å²) < 4.78 is 37.1. The van der Waals surface area contributed by atoms with Crippen molar-refractivity contribution in [1.29, 1.82) is 0 Å². The molecule has 0 aromatic heterocycles. The van der Waals surface area contributed by atoms with Gasteiger partial charge in [-0.15, -0.1) is 0 Å². The van der Waals surface area contributed by atoms with Crippen LogP contribution in [0.1, 0.15) is 13.8 Å². The molecule has 0 saturated carbocycles. The fourth-order valence-corrected chi connectivity index (χ4v) is 1.95. The quantitative estimate of drug-likeness (QED) is 0.793. The molecule has 1 rings (SSSR count). The zero-order valence-electron chi connectivity index (χ0n) is 10.6. The number of hydrogen-bond donors (Lipinski definition) is 1. The molecular weight excluding hydrogens is 231 g/mol. The Morgan fingerprint density at radius 2 is 1.82 bits per heavy atom. The van der Waals surface area contributed by atoms with Gasteiger partial charge in [0.25, 0.3) is 0 Å². The number of nitrogens with one attached hydrogen (secondary N) is 1. The second-order valence-electron chi connectivity index (χ2n) is 4.77. The predicted octanol–water partition coefficient (Wildman–Crippen LogP) is 1.16. The first-order valence-corrected chi connectivity index (χ1v) is 6.12. The average molecular weight is 253 g/mol. The minimum atomic E-state index is -4.10. The van der Waals surface area contributed by atoms with Crippen LogP contribution in [0.4, 0.5) is 13.2 Å². The molecule has 0 radical (unpaired) electrons. The number of nitrogens with zero attached hydrogens (tertiary/aromatic N) is 2. The topological polar surface area (TPSA) is 18.5 Å². The third kappa shape index (κ3) is 6.24. The molecule has 0 aromatic rings. The Bertz CT molecular complexity index is 212. The maximum atomic E-state index is 12.4. The van der Waals surface area contributed by atoms with Gasteiger partial charge in [0, 0.05) is 45.3 Å². The van der Waals surface area contributed by atoms with E-state index in [4.69, 9.17) is 0 Å². The summed E-state index contributed by atoms with van der Waals surface area (Å²) in [5.74, 6) is 0. The molecule has 17 heavy (non-hydrogen) atoms. The van der Waals surface area contributed by atoms with Crippen LogP contribution >= 0.6 is 0 Å². The van der Waals surface area contributed by atoms with Crippen molar-refractivity contribution in [2.45, 2.75) is 26.1 Å². The Hall–Kier alpha value is -0.330. The maximum absolute atomic E-state index is 12.4. The lowest BCUT2D eigenvalue weighted by atomic mass is 10.3. The van der Waals surface area contributed by atoms with E-state index in [1.54, 1.807) is 0 Å². The van der Waals surface area contributed by atoms with Crippen LogP contribution in [-0.4, -0.2) is 67.8 Å². The molecule has 6 heteroatoms. The number of alkyl halides is 3. The summed E-state index contributed by atoms with van der Waals surface area (Å²) >= 11 is 0. The van der Waals surface area contributed by atoms with Crippen LogP contribution in [0, 0.1) is 0 Å². The van der Waals surface area contributed by atoms with E-state index in [0.29, 0.717) is 6.54 Å². The summed E-state index contributed by atoms with van der Waals surface area (Å²) in [4.78, 5) is 3.70. The van der Waals surface area contributed by atoms with E-state index in [9.17, 15) is 13.2 Å². The molecule has 1 aliphatic heterocycles. The van der Waals surface area contributed by atoms with Crippen molar-refractivity contribution in [1.82, 2.24) is 15.1 Å². The molecule has 0 unspecified atom stereocenters. The molecule has 1 saturated heterocycles. The van der Waals surface area contributed by atoms with Crippen molar-refractivity contribution < 1.29 is 13.2 Å². The second-order valence-corrected chi connectivity index (χ2v) is 4.77. The van der Waals surface area contributed by atoms with Crippen molar-refractivity contribution in [3.63, 3.8) is 0 Å².